The minimum Gasteiger partial charge on any atom is -0.454 e. The topological polar surface area (TPSA) is 19.6 Å². The van der Waals surface area contributed by atoms with Crippen molar-refractivity contribution in [1.82, 2.24) is 0 Å². The quantitative estimate of drug-likeness (QED) is 0.137. The molecule has 0 bridgehead atoms. The van der Waals surface area contributed by atoms with E-state index >= 15 is 0 Å². The third-order valence-corrected chi connectivity index (χ3v) is 11.9. The SMILES string of the molecule is c1ccc(-c2ccc(N(c3ccc(-c4ccccc4)cc3)c3cccc(-c4cccc(N(c5ccc(-c6ccccc6)cc5)c5cccc6c5oc5ccccc56)c4)c3)cc2)cc1. The smallest absolute Gasteiger partial charge is 0.159 e. The molecule has 0 aliphatic heterocycles. The maximum absolute atomic E-state index is 6.66. The molecule has 10 aromatic carbocycles. The minimum absolute atomic E-state index is 0.852. The van der Waals surface area contributed by atoms with Crippen LogP contribution in [0.1, 0.15) is 0 Å². The largest absolute Gasteiger partial charge is 0.454 e. The molecule has 0 aliphatic carbocycles. The lowest BCUT2D eigenvalue weighted by molar-refractivity contribution is 0.669. The molecule has 3 heteroatoms. The summed E-state index contributed by atoms with van der Waals surface area (Å²) in [4.78, 5) is 4.67. The molecule has 11 aromatic rings. The molecule has 3 nitrogen and oxygen atoms in total. The average Bonchev–Trinajstić information content (AvgIpc) is 3.75. The van der Waals surface area contributed by atoms with E-state index < -0.39 is 0 Å². The molecule has 0 radical (unpaired) electrons. The summed E-state index contributed by atoms with van der Waals surface area (Å²) in [5.74, 6) is 0. The summed E-state index contributed by atoms with van der Waals surface area (Å²) in [5.41, 5.74) is 17.3. The van der Waals surface area contributed by atoms with Crippen molar-refractivity contribution in [2.45, 2.75) is 0 Å². The van der Waals surface area contributed by atoms with Gasteiger partial charge in [0.25, 0.3) is 0 Å². The first-order valence-corrected chi connectivity index (χ1v) is 21.4. The maximum atomic E-state index is 6.66. The van der Waals surface area contributed by atoms with Gasteiger partial charge in [0.05, 0.1) is 5.69 Å². The Kier molecular flexibility index (Phi) is 9.89. The van der Waals surface area contributed by atoms with Crippen LogP contribution < -0.4 is 9.80 Å². The van der Waals surface area contributed by atoms with Crippen LogP contribution in [0.25, 0.3) is 66.4 Å². The van der Waals surface area contributed by atoms with Crippen molar-refractivity contribution in [3.8, 4) is 44.5 Å². The molecule has 0 unspecified atom stereocenters. The molecular formula is C60H42N2O. The Balaban J connectivity index is 1.01. The van der Waals surface area contributed by atoms with Crippen LogP contribution in [0.4, 0.5) is 34.1 Å². The molecule has 63 heavy (non-hydrogen) atoms. The number of benzene rings is 10. The van der Waals surface area contributed by atoms with Crippen LogP contribution in [0, 0.1) is 0 Å². The molecule has 0 N–H and O–H groups in total. The van der Waals surface area contributed by atoms with Crippen molar-refractivity contribution >= 4 is 56.1 Å². The predicted octanol–water partition coefficient (Wildman–Crippen LogP) is 17.2. The van der Waals surface area contributed by atoms with E-state index in [0.29, 0.717) is 0 Å². The normalized spacial score (nSPS) is 11.2. The highest BCUT2D eigenvalue weighted by molar-refractivity contribution is 6.10. The van der Waals surface area contributed by atoms with Crippen molar-refractivity contribution in [3.63, 3.8) is 0 Å². The maximum Gasteiger partial charge on any atom is 0.159 e. The molecular weight excluding hydrogens is 765 g/mol. The molecule has 0 spiro atoms. The molecule has 0 aliphatic rings. The molecule has 298 valence electrons. The Morgan fingerprint density at radius 3 is 1.10 bits per heavy atom. The molecule has 1 heterocycles. The number of anilines is 6. The highest BCUT2D eigenvalue weighted by Crippen LogP contribution is 2.44. The van der Waals surface area contributed by atoms with Gasteiger partial charge in [-0.25, -0.2) is 0 Å². The van der Waals surface area contributed by atoms with Crippen LogP contribution in [0.5, 0.6) is 0 Å². The number of hydrogen-bond donors (Lipinski definition) is 0. The van der Waals surface area contributed by atoms with Gasteiger partial charge in [-0.1, -0.05) is 182 Å². The van der Waals surface area contributed by atoms with E-state index in [1.54, 1.807) is 0 Å². The molecule has 11 rings (SSSR count). The fourth-order valence-corrected chi connectivity index (χ4v) is 8.73. The highest BCUT2D eigenvalue weighted by atomic mass is 16.3. The Labute approximate surface area is 368 Å². The van der Waals surface area contributed by atoms with E-state index in [2.05, 4.69) is 252 Å². The molecule has 0 atom stereocenters. The van der Waals surface area contributed by atoms with Crippen molar-refractivity contribution in [1.29, 1.82) is 0 Å². The number of hydrogen-bond acceptors (Lipinski definition) is 3. The predicted molar refractivity (Wildman–Crippen MR) is 265 cm³/mol. The van der Waals surface area contributed by atoms with E-state index in [9.17, 15) is 0 Å². The van der Waals surface area contributed by atoms with Crippen molar-refractivity contribution in [3.05, 3.63) is 255 Å². The standard InChI is InChI=1S/C60H42N2O/c1-4-15-43(16-5-1)46-29-35-51(36-30-46)61(52-37-31-47(32-38-52)44-17-6-2-7-18-44)54-23-12-21-49(41-54)50-22-13-24-55(42-50)62(53-39-33-48(34-40-53)45-19-8-3-9-20-45)58-27-14-26-57-56-25-10-11-28-59(56)63-60(57)58/h1-42H. The lowest BCUT2D eigenvalue weighted by Gasteiger charge is -2.27. The van der Waals surface area contributed by atoms with Gasteiger partial charge in [0.1, 0.15) is 5.58 Å². The zero-order valence-corrected chi connectivity index (χ0v) is 34.6. The minimum atomic E-state index is 0.852. The van der Waals surface area contributed by atoms with Crippen LogP contribution >= 0.6 is 0 Å². The van der Waals surface area contributed by atoms with E-state index in [-0.39, 0.29) is 0 Å². The van der Waals surface area contributed by atoms with Gasteiger partial charge >= 0.3 is 0 Å². The second-order valence-electron chi connectivity index (χ2n) is 15.8. The first kappa shape index (κ1) is 37.6. The van der Waals surface area contributed by atoms with E-state index in [1.165, 1.54) is 33.4 Å². The van der Waals surface area contributed by atoms with Crippen molar-refractivity contribution in [2.75, 3.05) is 9.80 Å². The fraction of sp³-hybridized carbons (Fsp3) is 0. The summed E-state index contributed by atoms with van der Waals surface area (Å²) in [6.45, 7) is 0. The molecule has 0 amide bonds. The Morgan fingerprint density at radius 1 is 0.238 bits per heavy atom. The zero-order chi connectivity index (χ0) is 42.0. The molecule has 1 aromatic heterocycles. The summed E-state index contributed by atoms with van der Waals surface area (Å²) in [7, 11) is 0. The highest BCUT2D eigenvalue weighted by Gasteiger charge is 2.21. The van der Waals surface area contributed by atoms with Gasteiger partial charge in [0.2, 0.25) is 0 Å². The van der Waals surface area contributed by atoms with E-state index in [4.69, 9.17) is 4.42 Å². The van der Waals surface area contributed by atoms with Gasteiger partial charge in [-0.05, 0) is 117 Å². The lowest BCUT2D eigenvalue weighted by Crippen LogP contribution is -2.10. The number of nitrogens with zero attached hydrogens (tertiary/aromatic N) is 2. The summed E-state index contributed by atoms with van der Waals surface area (Å²) in [6, 6.07) is 90.6. The second-order valence-corrected chi connectivity index (χ2v) is 15.8. The Bertz CT molecular complexity index is 3220. The van der Waals surface area contributed by atoms with Gasteiger partial charge in [-0.3, -0.25) is 0 Å². The number of rotatable bonds is 10. The Hall–Kier alpha value is -8.40. The summed E-state index contributed by atoms with van der Waals surface area (Å²) >= 11 is 0. The van der Waals surface area contributed by atoms with Crippen LogP contribution in [0.2, 0.25) is 0 Å². The Morgan fingerprint density at radius 2 is 0.603 bits per heavy atom. The monoisotopic (exact) mass is 806 g/mol. The zero-order valence-electron chi connectivity index (χ0n) is 34.6. The van der Waals surface area contributed by atoms with Gasteiger partial charge in [0.15, 0.2) is 5.58 Å². The average molecular weight is 807 g/mol. The van der Waals surface area contributed by atoms with Gasteiger partial charge in [0, 0.05) is 39.2 Å². The third-order valence-electron chi connectivity index (χ3n) is 11.9. The molecule has 0 saturated heterocycles. The number of furan rings is 1. The molecule has 0 fully saturated rings. The van der Waals surface area contributed by atoms with Crippen LogP contribution in [0.15, 0.2) is 259 Å². The number of fused-ring (bicyclic) bond motifs is 3. The van der Waals surface area contributed by atoms with Crippen LogP contribution in [-0.4, -0.2) is 0 Å². The van der Waals surface area contributed by atoms with Crippen LogP contribution in [0.3, 0.4) is 0 Å². The summed E-state index contributed by atoms with van der Waals surface area (Å²) in [6.07, 6.45) is 0. The van der Waals surface area contributed by atoms with Gasteiger partial charge in [-0.15, -0.1) is 0 Å². The fourth-order valence-electron chi connectivity index (χ4n) is 8.73. The first-order valence-electron chi connectivity index (χ1n) is 21.4. The van der Waals surface area contributed by atoms with Crippen molar-refractivity contribution < 1.29 is 4.42 Å². The number of para-hydroxylation sites is 2. The van der Waals surface area contributed by atoms with Crippen molar-refractivity contribution in [2.24, 2.45) is 0 Å². The van der Waals surface area contributed by atoms with Crippen LogP contribution in [-0.2, 0) is 0 Å². The second kappa shape index (κ2) is 16.6. The summed E-state index contributed by atoms with van der Waals surface area (Å²) < 4.78 is 6.66. The summed E-state index contributed by atoms with van der Waals surface area (Å²) in [5, 5.41) is 2.19. The van der Waals surface area contributed by atoms with Gasteiger partial charge < -0.3 is 14.2 Å². The first-order chi connectivity index (χ1) is 31.2. The van der Waals surface area contributed by atoms with E-state index in [1.807, 2.05) is 12.1 Å². The lowest BCUT2D eigenvalue weighted by atomic mass is 10.0. The molecule has 0 saturated carbocycles. The van der Waals surface area contributed by atoms with E-state index in [0.717, 1.165) is 67.2 Å². The third kappa shape index (κ3) is 7.43. The van der Waals surface area contributed by atoms with Gasteiger partial charge in [-0.2, -0.15) is 0 Å².